The first-order chi connectivity index (χ1) is 12.5. The highest BCUT2D eigenvalue weighted by Crippen LogP contribution is 2.16. The summed E-state index contributed by atoms with van der Waals surface area (Å²) >= 11 is 5.89. The summed E-state index contributed by atoms with van der Waals surface area (Å²) in [6.45, 7) is 0. The maximum absolute atomic E-state index is 13.2. The van der Waals surface area contributed by atoms with Crippen LogP contribution in [0.4, 0.5) is 15.8 Å². The Balaban J connectivity index is 1.75. The number of amides is 2. The van der Waals surface area contributed by atoms with Crippen molar-refractivity contribution in [3.05, 3.63) is 89.0 Å². The van der Waals surface area contributed by atoms with Crippen molar-refractivity contribution in [1.29, 1.82) is 0 Å². The number of carbonyl (C=O) groups is 2. The number of hydrogen-bond donors (Lipinski definition) is 2. The van der Waals surface area contributed by atoms with Crippen LogP contribution in [-0.4, -0.2) is 16.8 Å². The van der Waals surface area contributed by atoms with Gasteiger partial charge in [-0.1, -0.05) is 23.7 Å². The molecule has 1 aromatic heterocycles. The van der Waals surface area contributed by atoms with Gasteiger partial charge in [0.2, 0.25) is 0 Å². The van der Waals surface area contributed by atoms with Crippen LogP contribution in [-0.2, 0) is 0 Å². The Morgan fingerprint density at radius 3 is 2.00 bits per heavy atom. The van der Waals surface area contributed by atoms with Gasteiger partial charge in [0.15, 0.2) is 0 Å². The molecule has 0 fully saturated rings. The number of nitrogens with one attached hydrogen (secondary N) is 2. The van der Waals surface area contributed by atoms with Gasteiger partial charge in [-0.25, -0.2) is 4.39 Å². The number of rotatable bonds is 4. The van der Waals surface area contributed by atoms with Gasteiger partial charge in [0.1, 0.15) is 5.82 Å². The molecule has 7 heteroatoms. The molecule has 0 atom stereocenters. The van der Waals surface area contributed by atoms with Crippen LogP contribution in [0.25, 0.3) is 0 Å². The minimum absolute atomic E-state index is 0.174. The van der Waals surface area contributed by atoms with Crippen molar-refractivity contribution in [2.24, 2.45) is 0 Å². The average Bonchev–Trinajstić information content (AvgIpc) is 2.62. The van der Waals surface area contributed by atoms with Gasteiger partial charge in [-0.2, -0.15) is 0 Å². The third-order valence-corrected chi connectivity index (χ3v) is 3.66. The molecule has 26 heavy (non-hydrogen) atoms. The van der Waals surface area contributed by atoms with E-state index in [0.29, 0.717) is 16.4 Å². The Labute approximate surface area is 153 Å². The Morgan fingerprint density at radius 2 is 1.42 bits per heavy atom. The maximum atomic E-state index is 13.2. The molecule has 3 rings (SSSR count). The van der Waals surface area contributed by atoms with Crippen LogP contribution in [0.3, 0.4) is 0 Å². The molecule has 5 nitrogen and oxygen atoms in total. The summed E-state index contributed by atoms with van der Waals surface area (Å²) in [4.78, 5) is 28.5. The number of pyridine rings is 1. The summed E-state index contributed by atoms with van der Waals surface area (Å²) in [5.74, 6) is -1.39. The molecule has 0 saturated heterocycles. The number of aromatic nitrogens is 1. The first kappa shape index (κ1) is 17.6. The first-order valence-electron chi connectivity index (χ1n) is 7.60. The molecule has 0 aliphatic carbocycles. The third kappa shape index (κ3) is 4.43. The second kappa shape index (κ2) is 7.76. The lowest BCUT2D eigenvalue weighted by atomic mass is 10.1. The number of carbonyl (C=O) groups excluding carboxylic acids is 2. The summed E-state index contributed by atoms with van der Waals surface area (Å²) < 4.78 is 13.2. The highest BCUT2D eigenvalue weighted by molar-refractivity contribution is 6.31. The SMILES string of the molecule is O=C(Nc1cccc(F)c1)c1cncc(C(=O)Nc2cccc(Cl)c2)c1. The van der Waals surface area contributed by atoms with Crippen molar-refractivity contribution in [2.75, 3.05) is 10.6 Å². The lowest BCUT2D eigenvalue weighted by molar-refractivity contribution is 0.102. The fourth-order valence-electron chi connectivity index (χ4n) is 2.23. The quantitative estimate of drug-likeness (QED) is 0.717. The van der Waals surface area contributed by atoms with Crippen LogP contribution < -0.4 is 10.6 Å². The highest BCUT2D eigenvalue weighted by Gasteiger charge is 2.12. The van der Waals surface area contributed by atoms with E-state index >= 15 is 0 Å². The smallest absolute Gasteiger partial charge is 0.257 e. The molecule has 2 N–H and O–H groups in total. The minimum atomic E-state index is -0.500. The second-order valence-electron chi connectivity index (χ2n) is 5.39. The summed E-state index contributed by atoms with van der Waals surface area (Å²) in [5, 5.41) is 5.72. The number of halogens is 2. The van der Waals surface area contributed by atoms with E-state index in [0.717, 1.165) is 0 Å². The third-order valence-electron chi connectivity index (χ3n) is 3.43. The van der Waals surface area contributed by atoms with E-state index in [-0.39, 0.29) is 11.1 Å². The molecular formula is C19H13ClFN3O2. The molecular weight excluding hydrogens is 357 g/mol. The number of anilines is 2. The fraction of sp³-hybridized carbons (Fsp3) is 0. The van der Waals surface area contributed by atoms with E-state index in [1.807, 2.05) is 0 Å². The van der Waals surface area contributed by atoms with Crippen molar-refractivity contribution in [1.82, 2.24) is 4.98 Å². The van der Waals surface area contributed by atoms with Crippen LogP contribution in [0.5, 0.6) is 0 Å². The number of hydrogen-bond acceptors (Lipinski definition) is 3. The van der Waals surface area contributed by atoms with Crippen LogP contribution in [0.15, 0.2) is 67.0 Å². The average molecular weight is 370 g/mol. The molecule has 2 amide bonds. The van der Waals surface area contributed by atoms with Crippen LogP contribution in [0.2, 0.25) is 5.02 Å². The van der Waals surface area contributed by atoms with Gasteiger partial charge in [0.25, 0.3) is 11.8 Å². The van der Waals surface area contributed by atoms with Crippen LogP contribution >= 0.6 is 11.6 Å². The van der Waals surface area contributed by atoms with Crippen molar-refractivity contribution in [2.45, 2.75) is 0 Å². The lowest BCUT2D eigenvalue weighted by Gasteiger charge is -2.08. The molecule has 0 aliphatic rings. The molecule has 3 aromatic rings. The zero-order valence-electron chi connectivity index (χ0n) is 13.4. The molecule has 0 spiro atoms. The summed E-state index contributed by atoms with van der Waals surface area (Å²) in [6, 6.07) is 13.6. The second-order valence-corrected chi connectivity index (χ2v) is 5.83. The number of benzene rings is 2. The summed E-state index contributed by atoms with van der Waals surface area (Å²) in [7, 11) is 0. The molecule has 2 aromatic carbocycles. The van der Waals surface area contributed by atoms with Crippen molar-refractivity contribution < 1.29 is 14.0 Å². The monoisotopic (exact) mass is 369 g/mol. The zero-order valence-corrected chi connectivity index (χ0v) is 14.1. The van der Waals surface area contributed by atoms with Gasteiger partial charge < -0.3 is 10.6 Å². The molecule has 1 heterocycles. The number of nitrogens with zero attached hydrogens (tertiary/aromatic N) is 1. The predicted molar refractivity (Wildman–Crippen MR) is 98.0 cm³/mol. The van der Waals surface area contributed by atoms with Crippen LogP contribution in [0.1, 0.15) is 20.7 Å². The molecule has 130 valence electrons. The van der Waals surface area contributed by atoms with Gasteiger partial charge >= 0.3 is 0 Å². The Bertz CT molecular complexity index is 904. The Morgan fingerprint density at radius 1 is 0.846 bits per heavy atom. The molecule has 0 aliphatic heterocycles. The molecule has 0 saturated carbocycles. The molecule has 0 bridgehead atoms. The standard InChI is InChI=1S/C19H13ClFN3O2/c20-14-3-1-5-16(8-14)23-18(25)12-7-13(11-22-10-12)19(26)24-17-6-2-4-15(21)9-17/h1-11H,(H,23,25)(H,24,26). The van der Waals surface area contributed by atoms with E-state index in [2.05, 4.69) is 15.6 Å². The predicted octanol–water partition coefficient (Wildman–Crippen LogP) is 4.38. The van der Waals surface area contributed by atoms with Crippen molar-refractivity contribution in [3.63, 3.8) is 0 Å². The van der Waals surface area contributed by atoms with Crippen LogP contribution in [0, 0.1) is 5.82 Å². The normalized spacial score (nSPS) is 10.2. The Kier molecular flexibility index (Phi) is 5.24. The largest absolute Gasteiger partial charge is 0.322 e. The molecule has 0 radical (unpaired) electrons. The summed E-state index contributed by atoms with van der Waals surface area (Å²) in [6.07, 6.45) is 2.67. The van der Waals surface area contributed by atoms with Gasteiger partial charge in [-0.05, 0) is 42.5 Å². The molecule has 0 unspecified atom stereocenters. The zero-order chi connectivity index (χ0) is 18.5. The Hall–Kier alpha value is -3.25. The fourth-order valence-corrected chi connectivity index (χ4v) is 2.42. The van der Waals surface area contributed by atoms with Crippen molar-refractivity contribution in [3.8, 4) is 0 Å². The van der Waals surface area contributed by atoms with Gasteiger partial charge in [-0.3, -0.25) is 14.6 Å². The van der Waals surface area contributed by atoms with E-state index in [9.17, 15) is 14.0 Å². The lowest BCUT2D eigenvalue weighted by Crippen LogP contribution is -2.16. The first-order valence-corrected chi connectivity index (χ1v) is 7.98. The van der Waals surface area contributed by atoms with Crippen molar-refractivity contribution >= 4 is 34.8 Å². The minimum Gasteiger partial charge on any atom is -0.322 e. The van der Waals surface area contributed by atoms with E-state index < -0.39 is 17.6 Å². The maximum Gasteiger partial charge on any atom is 0.257 e. The van der Waals surface area contributed by atoms with Gasteiger partial charge in [0.05, 0.1) is 11.1 Å². The topological polar surface area (TPSA) is 71.1 Å². The summed E-state index contributed by atoms with van der Waals surface area (Å²) in [5.41, 5.74) is 1.21. The highest BCUT2D eigenvalue weighted by atomic mass is 35.5. The van der Waals surface area contributed by atoms with Gasteiger partial charge in [0, 0.05) is 28.8 Å². The van der Waals surface area contributed by atoms with Gasteiger partial charge in [-0.15, -0.1) is 0 Å². The van der Waals surface area contributed by atoms with E-state index in [1.165, 1.54) is 36.7 Å². The van der Waals surface area contributed by atoms with E-state index in [4.69, 9.17) is 11.6 Å². The van der Waals surface area contributed by atoms with E-state index in [1.54, 1.807) is 30.3 Å².